The molecule has 2 rings (SSSR count). The second-order valence-electron chi connectivity index (χ2n) is 5.92. The minimum absolute atomic E-state index is 0.0837. The zero-order chi connectivity index (χ0) is 13.7. The molecule has 1 heterocycles. The van der Waals surface area contributed by atoms with Crippen molar-refractivity contribution in [3.8, 4) is 0 Å². The second kappa shape index (κ2) is 6.53. The van der Waals surface area contributed by atoms with E-state index in [0.29, 0.717) is 0 Å². The summed E-state index contributed by atoms with van der Waals surface area (Å²) in [6.45, 7) is 10.4. The number of nitrogens with one attached hydrogen (secondary N) is 1. The van der Waals surface area contributed by atoms with Gasteiger partial charge in [-0.15, -0.1) is 0 Å². The standard InChI is InChI=1S/C17H28N2/c1-4-16(5-2)19-13-9-12-18-17(3,14-19)15-10-7-6-8-11-15/h6-8,10-11,16,18H,4-5,9,12-14H2,1-3H3. The average molecular weight is 260 g/mol. The molecule has 1 N–H and O–H groups in total. The number of hydrogen-bond acceptors (Lipinski definition) is 2. The molecular weight excluding hydrogens is 232 g/mol. The highest BCUT2D eigenvalue weighted by molar-refractivity contribution is 5.24. The molecule has 2 heteroatoms. The first kappa shape index (κ1) is 14.5. The van der Waals surface area contributed by atoms with Gasteiger partial charge in [0.05, 0.1) is 5.54 Å². The molecule has 2 nitrogen and oxygen atoms in total. The van der Waals surface area contributed by atoms with Crippen molar-refractivity contribution in [2.24, 2.45) is 0 Å². The van der Waals surface area contributed by atoms with Crippen LogP contribution >= 0.6 is 0 Å². The Morgan fingerprint density at radius 3 is 2.53 bits per heavy atom. The van der Waals surface area contributed by atoms with Gasteiger partial charge in [-0.05, 0) is 44.8 Å². The van der Waals surface area contributed by atoms with E-state index in [1.165, 1.54) is 31.4 Å². The topological polar surface area (TPSA) is 15.3 Å². The number of rotatable bonds is 4. The molecule has 106 valence electrons. The third-order valence-electron chi connectivity index (χ3n) is 4.53. The molecule has 1 aliphatic heterocycles. The number of benzene rings is 1. The van der Waals surface area contributed by atoms with Crippen molar-refractivity contribution in [1.29, 1.82) is 0 Å². The van der Waals surface area contributed by atoms with Crippen LogP contribution in [0.1, 0.15) is 45.6 Å². The SMILES string of the molecule is CCC(CC)N1CCCNC(C)(c2ccccc2)C1. The average Bonchev–Trinajstić information content (AvgIpc) is 2.65. The van der Waals surface area contributed by atoms with Crippen LogP contribution in [-0.2, 0) is 5.54 Å². The summed E-state index contributed by atoms with van der Waals surface area (Å²) >= 11 is 0. The summed E-state index contributed by atoms with van der Waals surface area (Å²) in [5.74, 6) is 0. The monoisotopic (exact) mass is 260 g/mol. The molecule has 0 saturated carbocycles. The second-order valence-corrected chi connectivity index (χ2v) is 5.92. The summed E-state index contributed by atoms with van der Waals surface area (Å²) in [5.41, 5.74) is 1.49. The fourth-order valence-electron chi connectivity index (χ4n) is 3.30. The van der Waals surface area contributed by atoms with Crippen molar-refractivity contribution in [2.75, 3.05) is 19.6 Å². The molecule has 0 radical (unpaired) electrons. The van der Waals surface area contributed by atoms with Gasteiger partial charge in [0, 0.05) is 12.6 Å². The normalized spacial score (nSPS) is 25.5. The van der Waals surface area contributed by atoms with Gasteiger partial charge in [0.25, 0.3) is 0 Å². The molecule has 0 aliphatic carbocycles. The van der Waals surface area contributed by atoms with Crippen LogP contribution in [0.4, 0.5) is 0 Å². The summed E-state index contributed by atoms with van der Waals surface area (Å²) < 4.78 is 0. The molecule has 1 aliphatic rings. The van der Waals surface area contributed by atoms with Gasteiger partial charge in [-0.1, -0.05) is 44.2 Å². The van der Waals surface area contributed by atoms with E-state index < -0.39 is 0 Å². The van der Waals surface area contributed by atoms with Crippen LogP contribution in [-0.4, -0.2) is 30.6 Å². The minimum atomic E-state index is 0.0837. The molecule has 1 atom stereocenters. The van der Waals surface area contributed by atoms with Crippen molar-refractivity contribution in [2.45, 2.75) is 51.6 Å². The molecule has 19 heavy (non-hydrogen) atoms. The smallest absolute Gasteiger partial charge is 0.0535 e. The van der Waals surface area contributed by atoms with Crippen molar-refractivity contribution >= 4 is 0 Å². The van der Waals surface area contributed by atoms with E-state index in [1.807, 2.05) is 0 Å². The molecule has 1 unspecified atom stereocenters. The van der Waals surface area contributed by atoms with Crippen LogP contribution in [0.2, 0.25) is 0 Å². The first-order valence-corrected chi connectivity index (χ1v) is 7.74. The van der Waals surface area contributed by atoms with Crippen LogP contribution < -0.4 is 5.32 Å². The zero-order valence-electron chi connectivity index (χ0n) is 12.7. The molecule has 0 aromatic heterocycles. The van der Waals surface area contributed by atoms with Crippen LogP contribution in [0.3, 0.4) is 0 Å². The lowest BCUT2D eigenvalue weighted by molar-refractivity contribution is 0.154. The first-order chi connectivity index (χ1) is 9.19. The Bertz CT molecular complexity index is 372. The van der Waals surface area contributed by atoms with Gasteiger partial charge in [0.1, 0.15) is 0 Å². The Hall–Kier alpha value is -0.860. The molecule has 1 saturated heterocycles. The van der Waals surface area contributed by atoms with Gasteiger partial charge < -0.3 is 5.32 Å². The van der Waals surface area contributed by atoms with Crippen molar-refractivity contribution in [1.82, 2.24) is 10.2 Å². The third-order valence-corrected chi connectivity index (χ3v) is 4.53. The van der Waals surface area contributed by atoms with E-state index in [0.717, 1.165) is 19.1 Å². The highest BCUT2D eigenvalue weighted by Crippen LogP contribution is 2.26. The van der Waals surface area contributed by atoms with Gasteiger partial charge in [0.15, 0.2) is 0 Å². The van der Waals surface area contributed by atoms with Gasteiger partial charge in [-0.25, -0.2) is 0 Å². The molecular formula is C17H28N2. The maximum absolute atomic E-state index is 3.77. The van der Waals surface area contributed by atoms with Gasteiger partial charge in [-0.2, -0.15) is 0 Å². The van der Waals surface area contributed by atoms with E-state index in [4.69, 9.17) is 0 Å². The lowest BCUT2D eigenvalue weighted by Gasteiger charge is -2.37. The summed E-state index contributed by atoms with van der Waals surface area (Å²) in [7, 11) is 0. The molecule has 0 amide bonds. The Morgan fingerprint density at radius 2 is 1.89 bits per heavy atom. The van der Waals surface area contributed by atoms with E-state index in [2.05, 4.69) is 61.3 Å². The fourth-order valence-corrected chi connectivity index (χ4v) is 3.30. The minimum Gasteiger partial charge on any atom is -0.307 e. The highest BCUT2D eigenvalue weighted by atomic mass is 15.2. The fraction of sp³-hybridized carbons (Fsp3) is 0.647. The zero-order valence-corrected chi connectivity index (χ0v) is 12.7. The van der Waals surface area contributed by atoms with E-state index in [-0.39, 0.29) is 5.54 Å². The Balaban J connectivity index is 2.20. The van der Waals surface area contributed by atoms with Crippen LogP contribution in [0, 0.1) is 0 Å². The third kappa shape index (κ3) is 3.37. The van der Waals surface area contributed by atoms with Crippen molar-refractivity contribution < 1.29 is 0 Å². The molecule has 1 aromatic rings. The number of hydrogen-bond donors (Lipinski definition) is 1. The van der Waals surface area contributed by atoms with E-state index in [9.17, 15) is 0 Å². The highest BCUT2D eigenvalue weighted by Gasteiger charge is 2.32. The lowest BCUT2D eigenvalue weighted by atomic mass is 9.91. The Labute approximate surface area is 118 Å². The summed E-state index contributed by atoms with van der Waals surface area (Å²) in [4.78, 5) is 2.69. The van der Waals surface area contributed by atoms with E-state index in [1.54, 1.807) is 0 Å². The molecule has 0 bridgehead atoms. The van der Waals surface area contributed by atoms with E-state index >= 15 is 0 Å². The predicted octanol–water partition coefficient (Wildman–Crippen LogP) is 3.39. The van der Waals surface area contributed by atoms with Gasteiger partial charge in [0.2, 0.25) is 0 Å². The van der Waals surface area contributed by atoms with Crippen molar-refractivity contribution in [3.63, 3.8) is 0 Å². The Morgan fingerprint density at radius 1 is 1.21 bits per heavy atom. The lowest BCUT2D eigenvalue weighted by Crippen LogP contribution is -2.48. The largest absolute Gasteiger partial charge is 0.307 e. The van der Waals surface area contributed by atoms with Gasteiger partial charge >= 0.3 is 0 Å². The molecule has 1 fully saturated rings. The van der Waals surface area contributed by atoms with Crippen LogP contribution in [0.5, 0.6) is 0 Å². The van der Waals surface area contributed by atoms with Gasteiger partial charge in [-0.3, -0.25) is 4.90 Å². The summed E-state index contributed by atoms with van der Waals surface area (Å²) in [5, 5.41) is 3.77. The summed E-state index contributed by atoms with van der Waals surface area (Å²) in [6, 6.07) is 11.6. The molecule has 0 spiro atoms. The van der Waals surface area contributed by atoms with Crippen LogP contribution in [0.25, 0.3) is 0 Å². The maximum Gasteiger partial charge on any atom is 0.0535 e. The van der Waals surface area contributed by atoms with Crippen LogP contribution in [0.15, 0.2) is 30.3 Å². The maximum atomic E-state index is 3.77. The predicted molar refractivity (Wildman–Crippen MR) is 82.4 cm³/mol. The quantitative estimate of drug-likeness (QED) is 0.893. The molecule has 1 aromatic carbocycles. The Kier molecular flexibility index (Phi) is 5.00. The summed E-state index contributed by atoms with van der Waals surface area (Å²) in [6.07, 6.45) is 3.75. The first-order valence-electron chi connectivity index (χ1n) is 7.74. The number of nitrogens with zero attached hydrogens (tertiary/aromatic N) is 1. The van der Waals surface area contributed by atoms with Crippen molar-refractivity contribution in [3.05, 3.63) is 35.9 Å².